The van der Waals surface area contributed by atoms with Crippen LogP contribution in [0.4, 0.5) is 13.2 Å². The zero-order valence-corrected chi connectivity index (χ0v) is 16.7. The standard InChI is InChI=1S/C24H24ClF3/c1-2-3-4-14-5-7-17-19(24(14)15-6-10-21(25)23(28)11-15)9-8-18-20(17)12-16(26)13-22(18)27/h3-4,6,10-14,17,19,24H,2,5,7-9H2,1H3/t14-,17-,19+,24-/m1/s1. The lowest BCUT2D eigenvalue weighted by Gasteiger charge is -2.46. The molecule has 0 N–H and O–H groups in total. The fourth-order valence-electron chi connectivity index (χ4n) is 5.37. The van der Waals surface area contributed by atoms with Gasteiger partial charge in [-0.2, -0.15) is 0 Å². The molecule has 28 heavy (non-hydrogen) atoms. The Labute approximate surface area is 169 Å². The van der Waals surface area contributed by atoms with Crippen LogP contribution in [0.5, 0.6) is 0 Å². The Morgan fingerprint density at radius 2 is 1.86 bits per heavy atom. The number of hydrogen-bond donors (Lipinski definition) is 0. The molecule has 148 valence electrons. The van der Waals surface area contributed by atoms with Crippen LogP contribution in [0.2, 0.25) is 5.02 Å². The summed E-state index contributed by atoms with van der Waals surface area (Å²) in [6, 6.07) is 7.57. The average molecular weight is 405 g/mol. The average Bonchev–Trinajstić information content (AvgIpc) is 2.67. The van der Waals surface area contributed by atoms with Crippen molar-refractivity contribution in [3.63, 3.8) is 0 Å². The first-order valence-electron chi connectivity index (χ1n) is 10.1. The van der Waals surface area contributed by atoms with Crippen molar-refractivity contribution in [1.82, 2.24) is 0 Å². The molecule has 4 heteroatoms. The monoisotopic (exact) mass is 404 g/mol. The second-order valence-electron chi connectivity index (χ2n) is 8.04. The maximum atomic E-state index is 14.3. The molecule has 2 aromatic carbocycles. The van der Waals surface area contributed by atoms with Crippen LogP contribution in [0.1, 0.15) is 61.1 Å². The summed E-state index contributed by atoms with van der Waals surface area (Å²) in [7, 11) is 0. The Bertz CT molecular complexity index is 905. The highest BCUT2D eigenvalue weighted by Gasteiger charge is 2.43. The molecule has 0 heterocycles. The molecule has 0 aromatic heterocycles. The second kappa shape index (κ2) is 7.94. The first-order chi connectivity index (χ1) is 13.5. The second-order valence-corrected chi connectivity index (χ2v) is 8.45. The number of halogens is 4. The van der Waals surface area contributed by atoms with E-state index in [0.717, 1.165) is 42.9 Å². The van der Waals surface area contributed by atoms with Crippen molar-refractivity contribution in [2.45, 2.75) is 50.9 Å². The molecule has 0 unspecified atom stereocenters. The minimum absolute atomic E-state index is 0.101. The van der Waals surface area contributed by atoms with Gasteiger partial charge >= 0.3 is 0 Å². The van der Waals surface area contributed by atoms with Gasteiger partial charge in [0, 0.05) is 6.07 Å². The molecule has 0 nitrogen and oxygen atoms in total. The first-order valence-corrected chi connectivity index (χ1v) is 10.5. The van der Waals surface area contributed by atoms with Crippen LogP contribution in [-0.4, -0.2) is 0 Å². The Morgan fingerprint density at radius 1 is 1.04 bits per heavy atom. The van der Waals surface area contributed by atoms with Crippen LogP contribution in [0.25, 0.3) is 0 Å². The molecule has 2 aliphatic rings. The van der Waals surface area contributed by atoms with Crippen molar-refractivity contribution >= 4 is 11.6 Å². The Balaban J connectivity index is 1.78. The summed E-state index contributed by atoms with van der Waals surface area (Å²) < 4.78 is 42.5. The smallest absolute Gasteiger partial charge is 0.142 e. The Hall–Kier alpha value is -1.74. The summed E-state index contributed by atoms with van der Waals surface area (Å²) in [6.07, 6.45) is 8.60. The van der Waals surface area contributed by atoms with E-state index in [1.165, 1.54) is 6.07 Å². The molecule has 4 rings (SSSR count). The molecule has 1 saturated carbocycles. The lowest BCUT2D eigenvalue weighted by molar-refractivity contribution is 0.193. The highest BCUT2D eigenvalue weighted by atomic mass is 35.5. The normalized spacial score (nSPS) is 26.9. The van der Waals surface area contributed by atoms with Gasteiger partial charge in [-0.05, 0) is 90.7 Å². The number of fused-ring (bicyclic) bond motifs is 3. The lowest BCUT2D eigenvalue weighted by atomic mass is 9.58. The predicted molar refractivity (Wildman–Crippen MR) is 107 cm³/mol. The van der Waals surface area contributed by atoms with Crippen LogP contribution >= 0.6 is 11.6 Å². The molecule has 0 bridgehead atoms. The predicted octanol–water partition coefficient (Wildman–Crippen LogP) is 7.56. The van der Waals surface area contributed by atoms with Crippen molar-refractivity contribution in [3.05, 3.63) is 81.6 Å². The quantitative estimate of drug-likeness (QED) is 0.463. The molecule has 0 radical (unpaired) electrons. The summed E-state index contributed by atoms with van der Waals surface area (Å²) in [5.41, 5.74) is 2.40. The van der Waals surface area contributed by atoms with E-state index in [0.29, 0.717) is 17.9 Å². The van der Waals surface area contributed by atoms with Gasteiger partial charge in [0.25, 0.3) is 0 Å². The van der Waals surface area contributed by atoms with Gasteiger partial charge in [0.2, 0.25) is 0 Å². The van der Waals surface area contributed by atoms with E-state index in [2.05, 4.69) is 19.1 Å². The summed E-state index contributed by atoms with van der Waals surface area (Å²) in [5.74, 6) is -0.615. The summed E-state index contributed by atoms with van der Waals surface area (Å²) in [6.45, 7) is 2.10. The van der Waals surface area contributed by atoms with Gasteiger partial charge in [0.1, 0.15) is 17.5 Å². The fraction of sp³-hybridized carbons (Fsp3) is 0.417. The van der Waals surface area contributed by atoms with Crippen LogP contribution in [0, 0.1) is 29.3 Å². The SMILES string of the molecule is CCC=C[C@@H]1CC[C@H]2c3cc(F)cc(F)c3CC[C@@H]2[C@H]1c1ccc(Cl)c(F)c1. The molecule has 2 aromatic rings. The molecular weight excluding hydrogens is 381 g/mol. The first kappa shape index (κ1) is 19.6. The number of rotatable bonds is 3. The summed E-state index contributed by atoms with van der Waals surface area (Å²) in [5, 5.41) is 0.120. The third-order valence-electron chi connectivity index (χ3n) is 6.52. The molecule has 0 aliphatic heterocycles. The van der Waals surface area contributed by atoms with E-state index >= 15 is 0 Å². The van der Waals surface area contributed by atoms with Gasteiger partial charge < -0.3 is 0 Å². The molecular formula is C24H24ClF3. The molecule has 0 spiro atoms. The van der Waals surface area contributed by atoms with E-state index in [9.17, 15) is 13.2 Å². The van der Waals surface area contributed by atoms with E-state index in [1.54, 1.807) is 12.1 Å². The number of hydrogen-bond acceptors (Lipinski definition) is 0. The third kappa shape index (κ3) is 3.50. The van der Waals surface area contributed by atoms with Crippen molar-refractivity contribution in [2.24, 2.45) is 11.8 Å². The summed E-state index contributed by atoms with van der Waals surface area (Å²) in [4.78, 5) is 0. The minimum atomic E-state index is -0.515. The van der Waals surface area contributed by atoms with Gasteiger partial charge in [0.05, 0.1) is 5.02 Å². The van der Waals surface area contributed by atoms with Crippen LogP contribution in [0.3, 0.4) is 0 Å². The van der Waals surface area contributed by atoms with E-state index < -0.39 is 17.5 Å². The van der Waals surface area contributed by atoms with E-state index in [4.69, 9.17) is 11.6 Å². The van der Waals surface area contributed by atoms with E-state index in [1.807, 2.05) is 6.07 Å². The molecule has 0 saturated heterocycles. The van der Waals surface area contributed by atoms with Crippen molar-refractivity contribution in [2.75, 3.05) is 0 Å². The van der Waals surface area contributed by atoms with Gasteiger partial charge in [-0.25, -0.2) is 13.2 Å². The molecule has 2 aliphatic carbocycles. The van der Waals surface area contributed by atoms with E-state index in [-0.39, 0.29) is 22.8 Å². The lowest BCUT2D eigenvalue weighted by Crippen LogP contribution is -2.35. The minimum Gasteiger partial charge on any atom is -0.207 e. The Kier molecular flexibility index (Phi) is 5.55. The van der Waals surface area contributed by atoms with Crippen molar-refractivity contribution in [1.29, 1.82) is 0 Å². The zero-order chi connectivity index (χ0) is 19.8. The zero-order valence-electron chi connectivity index (χ0n) is 15.9. The maximum Gasteiger partial charge on any atom is 0.142 e. The third-order valence-corrected chi connectivity index (χ3v) is 6.83. The summed E-state index contributed by atoms with van der Waals surface area (Å²) >= 11 is 5.91. The highest BCUT2D eigenvalue weighted by molar-refractivity contribution is 6.30. The number of allylic oxidation sites excluding steroid dienone is 2. The van der Waals surface area contributed by atoms with Crippen molar-refractivity contribution < 1.29 is 13.2 Å². The highest BCUT2D eigenvalue weighted by Crippen LogP contribution is 2.54. The van der Waals surface area contributed by atoms with Gasteiger partial charge in [-0.1, -0.05) is 36.7 Å². The van der Waals surface area contributed by atoms with Gasteiger partial charge in [0.15, 0.2) is 0 Å². The van der Waals surface area contributed by atoms with Gasteiger partial charge in [-0.15, -0.1) is 0 Å². The maximum absolute atomic E-state index is 14.3. The molecule has 1 fully saturated rings. The largest absolute Gasteiger partial charge is 0.207 e. The molecule has 4 atom stereocenters. The van der Waals surface area contributed by atoms with Crippen LogP contribution < -0.4 is 0 Å². The Morgan fingerprint density at radius 3 is 2.61 bits per heavy atom. The van der Waals surface area contributed by atoms with Gasteiger partial charge in [-0.3, -0.25) is 0 Å². The topological polar surface area (TPSA) is 0 Å². The number of benzene rings is 2. The fourth-order valence-corrected chi connectivity index (χ4v) is 5.49. The van der Waals surface area contributed by atoms with Crippen LogP contribution in [0.15, 0.2) is 42.5 Å². The van der Waals surface area contributed by atoms with Crippen molar-refractivity contribution in [3.8, 4) is 0 Å². The molecule has 0 amide bonds. The van der Waals surface area contributed by atoms with Crippen LogP contribution in [-0.2, 0) is 6.42 Å².